The summed E-state index contributed by atoms with van der Waals surface area (Å²) in [6.07, 6.45) is 1.04. The number of carbonyl (C=O) groups is 1. The lowest BCUT2D eigenvalue weighted by Gasteiger charge is -2.12. The number of hydrogen-bond donors (Lipinski definition) is 1. The molecule has 0 radical (unpaired) electrons. The van der Waals surface area contributed by atoms with E-state index in [0.29, 0.717) is 24.2 Å². The van der Waals surface area contributed by atoms with Crippen molar-refractivity contribution in [2.24, 2.45) is 5.92 Å². The lowest BCUT2D eigenvalue weighted by Crippen LogP contribution is -2.13. The molecule has 0 spiro atoms. The smallest absolute Gasteiger partial charge is 0.313 e. The molecule has 0 aliphatic heterocycles. The van der Waals surface area contributed by atoms with Gasteiger partial charge in [-0.15, -0.1) is 10.2 Å². The SMILES string of the molecule is CC(C)CCOCCn1c(SCC(=O)O)nnc1C(C)C. The quantitative estimate of drug-likeness (QED) is 0.528. The minimum Gasteiger partial charge on any atom is -0.481 e. The van der Waals surface area contributed by atoms with E-state index < -0.39 is 5.97 Å². The van der Waals surface area contributed by atoms with Gasteiger partial charge in [0.15, 0.2) is 5.16 Å². The highest BCUT2D eigenvalue weighted by Crippen LogP contribution is 2.21. The van der Waals surface area contributed by atoms with Crippen LogP contribution in [0.4, 0.5) is 0 Å². The number of ether oxygens (including phenoxy) is 1. The van der Waals surface area contributed by atoms with Crippen LogP contribution < -0.4 is 0 Å². The number of carboxylic acid groups (broad SMARTS) is 1. The van der Waals surface area contributed by atoms with Crippen molar-refractivity contribution in [2.75, 3.05) is 19.0 Å². The van der Waals surface area contributed by atoms with Crippen molar-refractivity contribution in [3.8, 4) is 0 Å². The van der Waals surface area contributed by atoms with Gasteiger partial charge < -0.3 is 14.4 Å². The Morgan fingerprint density at radius 1 is 1.29 bits per heavy atom. The third-order valence-corrected chi connectivity index (χ3v) is 3.84. The summed E-state index contributed by atoms with van der Waals surface area (Å²) >= 11 is 1.20. The molecule has 0 aliphatic rings. The summed E-state index contributed by atoms with van der Waals surface area (Å²) in [6.45, 7) is 10.4. The number of thioether (sulfide) groups is 1. The molecule has 1 aromatic heterocycles. The second-order valence-electron chi connectivity index (χ2n) is 5.62. The molecule has 0 atom stereocenters. The van der Waals surface area contributed by atoms with E-state index in [0.717, 1.165) is 18.9 Å². The van der Waals surface area contributed by atoms with Crippen molar-refractivity contribution in [3.05, 3.63) is 5.82 Å². The molecule has 21 heavy (non-hydrogen) atoms. The summed E-state index contributed by atoms with van der Waals surface area (Å²) < 4.78 is 7.60. The van der Waals surface area contributed by atoms with E-state index in [1.807, 2.05) is 18.4 Å². The first-order valence-electron chi connectivity index (χ1n) is 7.27. The van der Waals surface area contributed by atoms with Crippen LogP contribution in [0.2, 0.25) is 0 Å². The molecule has 1 aromatic rings. The molecule has 0 fully saturated rings. The van der Waals surface area contributed by atoms with Gasteiger partial charge in [0.1, 0.15) is 5.82 Å². The summed E-state index contributed by atoms with van der Waals surface area (Å²) in [7, 11) is 0. The van der Waals surface area contributed by atoms with Crippen LogP contribution in [0.25, 0.3) is 0 Å². The Morgan fingerprint density at radius 3 is 2.57 bits per heavy atom. The molecule has 0 aromatic carbocycles. The van der Waals surface area contributed by atoms with E-state index in [9.17, 15) is 4.79 Å². The normalized spacial score (nSPS) is 11.5. The van der Waals surface area contributed by atoms with Gasteiger partial charge >= 0.3 is 5.97 Å². The minimum atomic E-state index is -0.853. The fourth-order valence-electron chi connectivity index (χ4n) is 1.75. The van der Waals surface area contributed by atoms with Crippen LogP contribution in [-0.4, -0.2) is 44.8 Å². The summed E-state index contributed by atoms with van der Waals surface area (Å²) in [5.41, 5.74) is 0. The number of rotatable bonds is 10. The fourth-order valence-corrected chi connectivity index (χ4v) is 2.44. The largest absolute Gasteiger partial charge is 0.481 e. The van der Waals surface area contributed by atoms with Gasteiger partial charge in [0.2, 0.25) is 0 Å². The molecule has 6 nitrogen and oxygen atoms in total. The minimum absolute atomic E-state index is 0.00949. The van der Waals surface area contributed by atoms with Crippen molar-refractivity contribution in [3.63, 3.8) is 0 Å². The number of aromatic nitrogens is 3. The highest BCUT2D eigenvalue weighted by atomic mass is 32.2. The molecule has 120 valence electrons. The van der Waals surface area contributed by atoms with Gasteiger partial charge in [-0.3, -0.25) is 4.79 Å². The van der Waals surface area contributed by atoms with Gasteiger partial charge in [0.05, 0.1) is 12.4 Å². The van der Waals surface area contributed by atoms with E-state index in [-0.39, 0.29) is 11.7 Å². The molecule has 0 amide bonds. The van der Waals surface area contributed by atoms with Gasteiger partial charge in [-0.25, -0.2) is 0 Å². The molecule has 0 aliphatic carbocycles. The number of hydrogen-bond acceptors (Lipinski definition) is 5. The average Bonchev–Trinajstić information content (AvgIpc) is 2.78. The predicted octanol–water partition coefficient (Wildman–Crippen LogP) is 2.64. The third kappa shape index (κ3) is 6.48. The molecule has 0 saturated carbocycles. The topological polar surface area (TPSA) is 77.2 Å². The van der Waals surface area contributed by atoms with E-state index >= 15 is 0 Å². The summed E-state index contributed by atoms with van der Waals surface area (Å²) in [5.74, 6) is 0.883. The third-order valence-electron chi connectivity index (χ3n) is 2.89. The summed E-state index contributed by atoms with van der Waals surface area (Å²) in [6, 6.07) is 0. The lowest BCUT2D eigenvalue weighted by molar-refractivity contribution is -0.133. The predicted molar refractivity (Wildman–Crippen MR) is 82.7 cm³/mol. The van der Waals surface area contributed by atoms with Crippen LogP contribution in [0.15, 0.2) is 5.16 Å². The van der Waals surface area contributed by atoms with E-state index in [2.05, 4.69) is 24.0 Å². The Bertz CT molecular complexity index is 447. The standard InChI is InChI=1S/C14H25N3O3S/c1-10(2)5-7-20-8-6-17-13(11(3)4)15-16-14(17)21-9-12(18)19/h10-11H,5-9H2,1-4H3,(H,18,19). The van der Waals surface area contributed by atoms with Crippen molar-refractivity contribution in [1.29, 1.82) is 0 Å². The van der Waals surface area contributed by atoms with Crippen LogP contribution in [0, 0.1) is 5.92 Å². The summed E-state index contributed by atoms with van der Waals surface area (Å²) in [5, 5.41) is 17.7. The number of carboxylic acids is 1. The Labute approximate surface area is 130 Å². The van der Waals surface area contributed by atoms with E-state index in [1.165, 1.54) is 11.8 Å². The fraction of sp³-hybridized carbons (Fsp3) is 0.786. The molecule has 0 bridgehead atoms. The Morgan fingerprint density at radius 2 is 2.00 bits per heavy atom. The van der Waals surface area contributed by atoms with Gasteiger partial charge in [-0.05, 0) is 12.3 Å². The molecule has 0 unspecified atom stereocenters. The highest BCUT2D eigenvalue weighted by molar-refractivity contribution is 7.99. The van der Waals surface area contributed by atoms with E-state index in [4.69, 9.17) is 9.84 Å². The maximum Gasteiger partial charge on any atom is 0.313 e. The van der Waals surface area contributed by atoms with Gasteiger partial charge in [0, 0.05) is 19.1 Å². The first-order valence-corrected chi connectivity index (χ1v) is 8.25. The molecule has 7 heteroatoms. The molecule has 1 rings (SSSR count). The average molecular weight is 315 g/mol. The van der Waals surface area contributed by atoms with Crippen molar-refractivity contribution in [2.45, 2.75) is 51.7 Å². The zero-order valence-corrected chi connectivity index (χ0v) is 14.0. The van der Waals surface area contributed by atoms with Gasteiger partial charge in [0.25, 0.3) is 0 Å². The van der Waals surface area contributed by atoms with Crippen molar-refractivity contribution < 1.29 is 14.6 Å². The molecule has 1 N–H and O–H groups in total. The molecule has 1 heterocycles. The van der Waals surface area contributed by atoms with Crippen molar-refractivity contribution in [1.82, 2.24) is 14.8 Å². The van der Waals surface area contributed by atoms with Crippen molar-refractivity contribution >= 4 is 17.7 Å². The highest BCUT2D eigenvalue weighted by Gasteiger charge is 2.16. The maximum atomic E-state index is 10.7. The number of nitrogens with zero attached hydrogens (tertiary/aromatic N) is 3. The molecular formula is C14H25N3O3S. The van der Waals surface area contributed by atoms with Gasteiger partial charge in [-0.2, -0.15) is 0 Å². The maximum absolute atomic E-state index is 10.7. The monoisotopic (exact) mass is 315 g/mol. The second-order valence-corrected chi connectivity index (χ2v) is 6.57. The second kappa shape index (κ2) is 9.04. The Balaban J connectivity index is 2.59. The Kier molecular flexibility index (Phi) is 7.74. The van der Waals surface area contributed by atoms with Gasteiger partial charge in [-0.1, -0.05) is 39.5 Å². The van der Waals surface area contributed by atoms with Crippen LogP contribution in [-0.2, 0) is 16.1 Å². The first kappa shape index (κ1) is 18.0. The van der Waals surface area contributed by atoms with Crippen LogP contribution in [0.3, 0.4) is 0 Å². The molecular weight excluding hydrogens is 290 g/mol. The zero-order chi connectivity index (χ0) is 15.8. The van der Waals surface area contributed by atoms with Crippen LogP contribution in [0.5, 0.6) is 0 Å². The van der Waals surface area contributed by atoms with Crippen LogP contribution in [0.1, 0.15) is 45.9 Å². The Hall–Kier alpha value is -1.08. The lowest BCUT2D eigenvalue weighted by atomic mass is 10.1. The van der Waals surface area contributed by atoms with Crippen LogP contribution >= 0.6 is 11.8 Å². The zero-order valence-electron chi connectivity index (χ0n) is 13.2. The van der Waals surface area contributed by atoms with E-state index in [1.54, 1.807) is 0 Å². The first-order chi connectivity index (χ1) is 9.91. The summed E-state index contributed by atoms with van der Waals surface area (Å²) in [4.78, 5) is 10.7. The molecule has 0 saturated heterocycles. The number of aliphatic carboxylic acids is 1.